The van der Waals surface area contributed by atoms with E-state index in [9.17, 15) is 18.3 Å². The van der Waals surface area contributed by atoms with Crippen LogP contribution in [0.3, 0.4) is 0 Å². The Morgan fingerprint density at radius 3 is 2.43 bits per heavy atom. The van der Waals surface area contributed by atoms with Crippen LogP contribution in [0.15, 0.2) is 29.2 Å². The highest BCUT2D eigenvalue weighted by Crippen LogP contribution is 2.15. The minimum absolute atomic E-state index is 0.0118. The van der Waals surface area contributed by atoms with E-state index in [0.29, 0.717) is 12.1 Å². The molecule has 0 saturated heterocycles. The lowest BCUT2D eigenvalue weighted by Gasteiger charge is -2.22. The quantitative estimate of drug-likeness (QED) is 0.622. The van der Waals surface area contributed by atoms with Crippen LogP contribution in [-0.2, 0) is 19.6 Å². The molecular weight excluding hydrogens is 320 g/mol. The van der Waals surface area contributed by atoms with Gasteiger partial charge in [0.25, 0.3) is 0 Å². The molecule has 3 N–H and O–H groups in total. The summed E-state index contributed by atoms with van der Waals surface area (Å²) in [5, 5.41) is 12.6. The number of carbonyl (C=O) groups excluding carboxylic acids is 1. The maximum Gasteiger partial charge on any atom is 0.240 e. The number of rotatable bonds is 9. The second-order valence-corrected chi connectivity index (χ2v) is 7.34. The zero-order valence-corrected chi connectivity index (χ0v) is 14.4. The smallest absolute Gasteiger partial charge is 0.240 e. The van der Waals surface area contributed by atoms with Gasteiger partial charge in [0.15, 0.2) is 0 Å². The Morgan fingerprint density at radius 2 is 1.91 bits per heavy atom. The van der Waals surface area contributed by atoms with Gasteiger partial charge in [-0.2, -0.15) is 0 Å². The minimum atomic E-state index is -3.75. The number of amides is 1. The van der Waals surface area contributed by atoms with E-state index in [1.165, 1.54) is 38.3 Å². The van der Waals surface area contributed by atoms with Crippen LogP contribution in [0.1, 0.15) is 26.7 Å². The SMILES string of the molecule is CCCC(=O)Nc1ccc(S(=O)(=O)NCC(C)(O)COC)cc1. The van der Waals surface area contributed by atoms with E-state index >= 15 is 0 Å². The molecule has 1 rings (SSSR count). The van der Waals surface area contributed by atoms with E-state index in [0.717, 1.165) is 6.42 Å². The summed E-state index contributed by atoms with van der Waals surface area (Å²) in [6.07, 6.45) is 1.15. The Hall–Kier alpha value is -1.48. The first-order valence-corrected chi connectivity index (χ1v) is 8.79. The molecule has 23 heavy (non-hydrogen) atoms. The topological polar surface area (TPSA) is 105 Å². The van der Waals surface area contributed by atoms with Crippen molar-refractivity contribution in [3.05, 3.63) is 24.3 Å². The summed E-state index contributed by atoms with van der Waals surface area (Å²) in [6.45, 7) is 3.22. The van der Waals surface area contributed by atoms with Crippen molar-refractivity contribution in [1.82, 2.24) is 4.72 Å². The number of hydrogen-bond acceptors (Lipinski definition) is 5. The number of hydrogen-bond donors (Lipinski definition) is 3. The molecule has 1 atom stereocenters. The lowest BCUT2D eigenvalue weighted by Crippen LogP contribution is -2.43. The van der Waals surface area contributed by atoms with Gasteiger partial charge >= 0.3 is 0 Å². The molecule has 0 aliphatic carbocycles. The van der Waals surface area contributed by atoms with Crippen LogP contribution in [0, 0.1) is 0 Å². The number of carbonyl (C=O) groups is 1. The van der Waals surface area contributed by atoms with E-state index < -0.39 is 15.6 Å². The van der Waals surface area contributed by atoms with Gasteiger partial charge in [-0.15, -0.1) is 0 Å². The molecule has 0 fully saturated rings. The van der Waals surface area contributed by atoms with Gasteiger partial charge in [-0.1, -0.05) is 6.92 Å². The fraction of sp³-hybridized carbons (Fsp3) is 0.533. The van der Waals surface area contributed by atoms with Gasteiger partial charge in [0.2, 0.25) is 15.9 Å². The summed E-state index contributed by atoms with van der Waals surface area (Å²) in [4.78, 5) is 11.5. The number of benzene rings is 1. The molecule has 1 aromatic rings. The number of aliphatic hydroxyl groups is 1. The van der Waals surface area contributed by atoms with Gasteiger partial charge in [0, 0.05) is 25.8 Å². The molecule has 0 heterocycles. The van der Waals surface area contributed by atoms with Gasteiger partial charge in [-0.25, -0.2) is 13.1 Å². The van der Waals surface area contributed by atoms with Crippen molar-refractivity contribution in [2.75, 3.05) is 25.6 Å². The molecule has 0 aromatic heterocycles. The summed E-state index contributed by atoms with van der Waals surface area (Å²) in [6, 6.07) is 5.84. The Labute approximate surface area is 137 Å². The summed E-state index contributed by atoms with van der Waals surface area (Å²) < 4.78 is 31.5. The Bertz CT molecular complexity index is 611. The normalized spacial score (nSPS) is 14.3. The largest absolute Gasteiger partial charge is 0.386 e. The summed E-state index contributed by atoms with van der Waals surface area (Å²) in [7, 11) is -2.32. The molecule has 0 aliphatic heterocycles. The highest BCUT2D eigenvalue weighted by molar-refractivity contribution is 7.89. The lowest BCUT2D eigenvalue weighted by molar-refractivity contribution is -0.116. The van der Waals surface area contributed by atoms with E-state index in [-0.39, 0.29) is 24.0 Å². The van der Waals surface area contributed by atoms with Crippen LogP contribution in [-0.4, -0.2) is 45.3 Å². The Kier molecular flexibility index (Phi) is 7.14. The average molecular weight is 344 g/mol. The highest BCUT2D eigenvalue weighted by Gasteiger charge is 2.24. The van der Waals surface area contributed by atoms with Crippen LogP contribution in [0.25, 0.3) is 0 Å². The number of methoxy groups -OCH3 is 1. The Balaban J connectivity index is 2.72. The zero-order valence-electron chi connectivity index (χ0n) is 13.6. The summed E-state index contributed by atoms with van der Waals surface area (Å²) in [5.74, 6) is -0.114. The second-order valence-electron chi connectivity index (χ2n) is 5.58. The maximum absolute atomic E-state index is 12.2. The van der Waals surface area contributed by atoms with Crippen molar-refractivity contribution >= 4 is 21.6 Å². The van der Waals surface area contributed by atoms with Crippen molar-refractivity contribution in [3.63, 3.8) is 0 Å². The predicted molar refractivity (Wildman–Crippen MR) is 87.7 cm³/mol. The Morgan fingerprint density at radius 1 is 1.30 bits per heavy atom. The summed E-state index contributed by atoms with van der Waals surface area (Å²) >= 11 is 0. The van der Waals surface area contributed by atoms with Crippen molar-refractivity contribution in [2.45, 2.75) is 37.2 Å². The molecular formula is C15H24N2O5S. The van der Waals surface area contributed by atoms with Gasteiger partial charge in [0.05, 0.1) is 17.1 Å². The van der Waals surface area contributed by atoms with Crippen LogP contribution < -0.4 is 10.0 Å². The molecule has 1 unspecified atom stereocenters. The second kappa shape index (κ2) is 8.39. The van der Waals surface area contributed by atoms with Gasteiger partial charge < -0.3 is 15.2 Å². The standard InChI is InChI=1S/C15H24N2O5S/c1-4-5-14(18)17-12-6-8-13(9-7-12)23(20,21)16-10-15(2,19)11-22-3/h6-9,16,19H,4-5,10-11H2,1-3H3,(H,17,18). The lowest BCUT2D eigenvalue weighted by atomic mass is 10.1. The molecule has 0 saturated carbocycles. The fourth-order valence-corrected chi connectivity index (χ4v) is 3.03. The van der Waals surface area contributed by atoms with Crippen LogP contribution in [0.5, 0.6) is 0 Å². The molecule has 0 spiro atoms. The van der Waals surface area contributed by atoms with Crippen LogP contribution in [0.4, 0.5) is 5.69 Å². The average Bonchev–Trinajstić information content (AvgIpc) is 2.46. The van der Waals surface area contributed by atoms with Crippen molar-refractivity contribution in [2.24, 2.45) is 0 Å². The van der Waals surface area contributed by atoms with Gasteiger partial charge in [-0.05, 0) is 37.6 Å². The third kappa shape index (κ3) is 6.66. The first-order chi connectivity index (χ1) is 10.7. The molecule has 1 amide bonds. The highest BCUT2D eigenvalue weighted by atomic mass is 32.2. The fourth-order valence-electron chi connectivity index (χ4n) is 1.86. The third-order valence-corrected chi connectivity index (χ3v) is 4.44. The predicted octanol–water partition coefficient (Wildman–Crippen LogP) is 1.10. The van der Waals surface area contributed by atoms with Crippen LogP contribution in [0.2, 0.25) is 0 Å². The van der Waals surface area contributed by atoms with Crippen molar-refractivity contribution < 1.29 is 23.1 Å². The number of anilines is 1. The van der Waals surface area contributed by atoms with Crippen LogP contribution >= 0.6 is 0 Å². The van der Waals surface area contributed by atoms with E-state index in [4.69, 9.17) is 4.74 Å². The van der Waals surface area contributed by atoms with Gasteiger partial charge in [-0.3, -0.25) is 4.79 Å². The molecule has 7 nitrogen and oxygen atoms in total. The molecule has 130 valence electrons. The monoisotopic (exact) mass is 344 g/mol. The number of ether oxygens (including phenoxy) is 1. The van der Waals surface area contributed by atoms with E-state index in [2.05, 4.69) is 10.0 Å². The number of nitrogens with one attached hydrogen (secondary N) is 2. The van der Waals surface area contributed by atoms with Crippen molar-refractivity contribution in [1.29, 1.82) is 0 Å². The van der Waals surface area contributed by atoms with E-state index in [1.807, 2.05) is 6.92 Å². The minimum Gasteiger partial charge on any atom is -0.386 e. The molecule has 0 radical (unpaired) electrons. The van der Waals surface area contributed by atoms with E-state index in [1.54, 1.807) is 0 Å². The maximum atomic E-state index is 12.2. The summed E-state index contributed by atoms with van der Waals surface area (Å²) in [5.41, 5.74) is -0.760. The van der Waals surface area contributed by atoms with Gasteiger partial charge in [0.1, 0.15) is 0 Å². The third-order valence-electron chi connectivity index (χ3n) is 3.02. The molecule has 1 aromatic carbocycles. The molecule has 0 bridgehead atoms. The number of sulfonamides is 1. The first kappa shape index (κ1) is 19.6. The molecule has 8 heteroatoms. The first-order valence-electron chi connectivity index (χ1n) is 7.31. The zero-order chi connectivity index (χ0) is 17.5. The van der Waals surface area contributed by atoms with Crippen molar-refractivity contribution in [3.8, 4) is 0 Å². The molecule has 0 aliphatic rings.